The van der Waals surface area contributed by atoms with Crippen LogP contribution in [0, 0.1) is 20.8 Å². The molecule has 0 fully saturated rings. The number of aromatic nitrogens is 3. The van der Waals surface area contributed by atoms with Gasteiger partial charge in [0.05, 0.1) is 18.5 Å². The molecule has 0 saturated heterocycles. The number of amides is 1. The predicted octanol–water partition coefficient (Wildman–Crippen LogP) is 3.45. The van der Waals surface area contributed by atoms with Gasteiger partial charge in [-0.3, -0.25) is 4.79 Å². The van der Waals surface area contributed by atoms with Crippen LogP contribution in [0.5, 0.6) is 5.75 Å². The van der Waals surface area contributed by atoms with E-state index in [1.165, 1.54) is 0 Å². The number of rotatable bonds is 4. The van der Waals surface area contributed by atoms with Crippen LogP contribution in [0.3, 0.4) is 0 Å². The summed E-state index contributed by atoms with van der Waals surface area (Å²) in [6, 6.07) is 13.4. The molecule has 1 aromatic heterocycles. The Morgan fingerprint density at radius 1 is 1.12 bits per heavy atom. The number of nitrogens with one attached hydrogen (secondary N) is 1. The minimum Gasteiger partial charge on any atom is -0.497 e. The molecule has 0 aliphatic rings. The number of nitrogens with zero attached hydrogens (tertiary/aromatic N) is 3. The molecule has 0 unspecified atom stereocenters. The van der Waals surface area contributed by atoms with Gasteiger partial charge < -0.3 is 10.1 Å². The van der Waals surface area contributed by atoms with Crippen molar-refractivity contribution in [3.05, 3.63) is 65.0 Å². The number of hydrogen-bond acceptors (Lipinski definition) is 4. The van der Waals surface area contributed by atoms with Crippen LogP contribution in [-0.4, -0.2) is 28.0 Å². The predicted molar refractivity (Wildman–Crippen MR) is 96.5 cm³/mol. The lowest BCUT2D eigenvalue weighted by Gasteiger charge is -2.09. The number of aryl methyl sites for hydroxylation is 2. The van der Waals surface area contributed by atoms with Gasteiger partial charge in [0.25, 0.3) is 5.91 Å². The number of anilines is 1. The first kappa shape index (κ1) is 16.7. The molecule has 3 aromatic rings. The van der Waals surface area contributed by atoms with Crippen LogP contribution in [0.4, 0.5) is 5.69 Å². The normalized spacial score (nSPS) is 10.6. The minimum absolute atomic E-state index is 0.277. The molecule has 1 amide bonds. The lowest BCUT2D eigenvalue weighted by molar-refractivity contribution is 0.102. The van der Waals surface area contributed by atoms with Crippen molar-refractivity contribution in [3.63, 3.8) is 0 Å². The molecule has 25 heavy (non-hydrogen) atoms. The lowest BCUT2D eigenvalue weighted by atomic mass is 10.1. The van der Waals surface area contributed by atoms with Crippen molar-refractivity contribution in [2.24, 2.45) is 0 Å². The van der Waals surface area contributed by atoms with E-state index in [2.05, 4.69) is 15.6 Å². The van der Waals surface area contributed by atoms with Gasteiger partial charge >= 0.3 is 0 Å². The average Bonchev–Trinajstić information content (AvgIpc) is 3.00. The number of methoxy groups -OCH3 is 1. The summed E-state index contributed by atoms with van der Waals surface area (Å²) in [6.45, 7) is 5.76. The van der Waals surface area contributed by atoms with Crippen LogP contribution >= 0.6 is 0 Å². The molecule has 0 aliphatic heterocycles. The van der Waals surface area contributed by atoms with E-state index in [4.69, 9.17) is 4.74 Å². The Hall–Kier alpha value is -3.15. The van der Waals surface area contributed by atoms with Crippen molar-refractivity contribution in [2.45, 2.75) is 20.8 Å². The fourth-order valence-electron chi connectivity index (χ4n) is 2.58. The summed E-state index contributed by atoms with van der Waals surface area (Å²) in [7, 11) is 1.61. The molecule has 1 heterocycles. The number of carbonyl (C=O) groups excluding carboxylic acids is 1. The summed E-state index contributed by atoms with van der Waals surface area (Å²) in [5.74, 6) is 0.439. The fourth-order valence-corrected chi connectivity index (χ4v) is 2.58. The molecule has 0 bridgehead atoms. The van der Waals surface area contributed by atoms with Crippen LogP contribution in [0.15, 0.2) is 42.5 Å². The van der Waals surface area contributed by atoms with Crippen LogP contribution in [0.25, 0.3) is 5.69 Å². The summed E-state index contributed by atoms with van der Waals surface area (Å²) >= 11 is 0. The zero-order valence-corrected chi connectivity index (χ0v) is 14.7. The molecule has 0 spiro atoms. The third-order valence-corrected chi connectivity index (χ3v) is 4.05. The minimum atomic E-state index is -0.277. The molecule has 2 aromatic carbocycles. The second-order valence-corrected chi connectivity index (χ2v) is 5.91. The third kappa shape index (κ3) is 3.38. The maximum Gasteiger partial charge on any atom is 0.278 e. The molecule has 0 radical (unpaired) electrons. The Morgan fingerprint density at radius 2 is 1.92 bits per heavy atom. The number of ether oxygens (including phenoxy) is 1. The second-order valence-electron chi connectivity index (χ2n) is 5.91. The van der Waals surface area contributed by atoms with Crippen LogP contribution < -0.4 is 10.1 Å². The Bertz CT molecular complexity index is 931. The molecule has 0 saturated carbocycles. The molecular weight excluding hydrogens is 316 g/mol. The first-order chi connectivity index (χ1) is 12.0. The zero-order valence-electron chi connectivity index (χ0n) is 14.7. The Labute approximate surface area is 146 Å². The molecule has 0 aliphatic carbocycles. The van der Waals surface area contributed by atoms with Crippen molar-refractivity contribution in [1.82, 2.24) is 15.0 Å². The van der Waals surface area contributed by atoms with E-state index < -0.39 is 0 Å². The van der Waals surface area contributed by atoms with E-state index in [0.29, 0.717) is 17.1 Å². The molecular formula is C19H20N4O2. The van der Waals surface area contributed by atoms with Crippen molar-refractivity contribution in [1.29, 1.82) is 0 Å². The van der Waals surface area contributed by atoms with E-state index >= 15 is 0 Å². The molecule has 1 N–H and O–H groups in total. The lowest BCUT2D eigenvalue weighted by Crippen LogP contribution is -2.15. The Morgan fingerprint density at radius 3 is 2.68 bits per heavy atom. The van der Waals surface area contributed by atoms with Crippen LogP contribution in [-0.2, 0) is 0 Å². The summed E-state index contributed by atoms with van der Waals surface area (Å²) < 4.78 is 6.86. The van der Waals surface area contributed by atoms with E-state index in [1.54, 1.807) is 11.8 Å². The van der Waals surface area contributed by atoms with Gasteiger partial charge in [-0.1, -0.05) is 23.4 Å². The number of benzene rings is 2. The van der Waals surface area contributed by atoms with Crippen molar-refractivity contribution < 1.29 is 9.53 Å². The van der Waals surface area contributed by atoms with Gasteiger partial charge in [-0.15, -0.1) is 5.10 Å². The highest BCUT2D eigenvalue weighted by molar-refractivity contribution is 6.04. The van der Waals surface area contributed by atoms with Gasteiger partial charge in [0, 0.05) is 11.8 Å². The van der Waals surface area contributed by atoms with Gasteiger partial charge in [0.1, 0.15) is 5.75 Å². The van der Waals surface area contributed by atoms with Crippen LogP contribution in [0.2, 0.25) is 0 Å². The topological polar surface area (TPSA) is 69.0 Å². The first-order valence-corrected chi connectivity index (χ1v) is 7.95. The average molecular weight is 336 g/mol. The number of carbonyl (C=O) groups is 1. The monoisotopic (exact) mass is 336 g/mol. The van der Waals surface area contributed by atoms with Gasteiger partial charge in [-0.05, 0) is 50.1 Å². The maximum atomic E-state index is 12.6. The molecule has 6 nitrogen and oxygen atoms in total. The van der Waals surface area contributed by atoms with Gasteiger partial charge in [-0.25, -0.2) is 4.68 Å². The highest BCUT2D eigenvalue weighted by Gasteiger charge is 2.18. The highest BCUT2D eigenvalue weighted by atomic mass is 16.5. The van der Waals surface area contributed by atoms with Crippen molar-refractivity contribution >= 4 is 11.6 Å². The fraction of sp³-hybridized carbons (Fsp3) is 0.211. The molecule has 0 atom stereocenters. The summed E-state index contributed by atoms with van der Waals surface area (Å²) in [6.07, 6.45) is 0. The van der Waals surface area contributed by atoms with Crippen molar-refractivity contribution in [2.75, 3.05) is 12.4 Å². The summed E-state index contributed by atoms with van der Waals surface area (Å²) in [5, 5.41) is 11.1. The molecule has 6 heteroatoms. The van der Waals surface area contributed by atoms with E-state index in [1.807, 2.05) is 63.2 Å². The smallest absolute Gasteiger partial charge is 0.278 e. The quantitative estimate of drug-likeness (QED) is 0.792. The van der Waals surface area contributed by atoms with E-state index in [-0.39, 0.29) is 5.91 Å². The Balaban J connectivity index is 1.90. The van der Waals surface area contributed by atoms with E-state index in [0.717, 1.165) is 22.5 Å². The van der Waals surface area contributed by atoms with Gasteiger partial charge in [0.2, 0.25) is 0 Å². The van der Waals surface area contributed by atoms with E-state index in [9.17, 15) is 4.79 Å². The zero-order chi connectivity index (χ0) is 18.0. The third-order valence-electron chi connectivity index (χ3n) is 4.05. The van der Waals surface area contributed by atoms with Crippen molar-refractivity contribution in [3.8, 4) is 11.4 Å². The SMILES string of the molecule is COc1cccc(-n2nnc(C(=O)Nc3cc(C)ccc3C)c2C)c1. The van der Waals surface area contributed by atoms with Crippen LogP contribution in [0.1, 0.15) is 27.3 Å². The second kappa shape index (κ2) is 6.76. The summed E-state index contributed by atoms with van der Waals surface area (Å²) in [5.41, 5.74) is 4.60. The molecule has 128 valence electrons. The highest BCUT2D eigenvalue weighted by Crippen LogP contribution is 2.20. The van der Waals surface area contributed by atoms with Gasteiger partial charge in [0.15, 0.2) is 5.69 Å². The first-order valence-electron chi connectivity index (χ1n) is 7.95. The number of hydrogen-bond donors (Lipinski definition) is 1. The standard InChI is InChI=1S/C19H20N4O2/c1-12-8-9-13(2)17(10-12)20-19(24)18-14(3)23(22-21-18)15-6-5-7-16(11-15)25-4/h5-11H,1-4H3,(H,20,24). The molecule has 3 rings (SSSR count). The van der Waals surface area contributed by atoms with Gasteiger partial charge in [-0.2, -0.15) is 0 Å². The Kier molecular flexibility index (Phi) is 4.52. The summed E-state index contributed by atoms with van der Waals surface area (Å²) in [4.78, 5) is 12.6. The largest absolute Gasteiger partial charge is 0.497 e. The maximum absolute atomic E-state index is 12.6.